The number of hydrogen-bond donors (Lipinski definition) is 1. The molecule has 0 spiro atoms. The molecule has 0 atom stereocenters. The van der Waals surface area contributed by atoms with Crippen LogP contribution in [-0.4, -0.2) is 7.89 Å². The van der Waals surface area contributed by atoms with Crippen LogP contribution in [0.5, 0.6) is 5.88 Å². The monoisotopic (exact) mass is 265 g/mol. The zero-order chi connectivity index (χ0) is 8.59. The predicted octanol–water partition coefficient (Wildman–Crippen LogP) is 1.37. The van der Waals surface area contributed by atoms with Crippen molar-refractivity contribution in [1.29, 1.82) is 0 Å². The molecule has 0 saturated heterocycles. The molecule has 60 valence electrons. The van der Waals surface area contributed by atoms with E-state index < -0.39 is 0 Å². The Morgan fingerprint density at radius 3 is 2.64 bits per heavy atom. The standard InChI is InChI=1S/C7H8INO2/c1-4-5(2)9(8)7(11)3-6(4)10/h3,11H,1-2H3. The van der Waals surface area contributed by atoms with Crippen LogP contribution in [-0.2, 0) is 0 Å². The van der Waals surface area contributed by atoms with Crippen molar-refractivity contribution >= 4 is 22.9 Å². The van der Waals surface area contributed by atoms with Gasteiger partial charge in [0.1, 0.15) is 0 Å². The van der Waals surface area contributed by atoms with Crippen LogP contribution in [0.25, 0.3) is 0 Å². The van der Waals surface area contributed by atoms with E-state index in [1.165, 1.54) is 6.07 Å². The topological polar surface area (TPSA) is 42.2 Å². The van der Waals surface area contributed by atoms with Gasteiger partial charge in [-0.1, -0.05) is 0 Å². The van der Waals surface area contributed by atoms with E-state index in [0.29, 0.717) is 5.56 Å². The summed E-state index contributed by atoms with van der Waals surface area (Å²) in [6.07, 6.45) is 0. The maximum Gasteiger partial charge on any atom is 0.204 e. The number of halogens is 1. The van der Waals surface area contributed by atoms with Gasteiger partial charge in [0.2, 0.25) is 5.88 Å². The lowest BCUT2D eigenvalue weighted by Gasteiger charge is -2.05. The van der Waals surface area contributed by atoms with Gasteiger partial charge in [-0.05, 0) is 13.8 Å². The van der Waals surface area contributed by atoms with Crippen LogP contribution in [0.2, 0.25) is 0 Å². The third kappa shape index (κ3) is 1.40. The van der Waals surface area contributed by atoms with E-state index in [1.807, 2.05) is 22.9 Å². The van der Waals surface area contributed by atoms with Gasteiger partial charge in [0.25, 0.3) is 0 Å². The Morgan fingerprint density at radius 1 is 1.55 bits per heavy atom. The van der Waals surface area contributed by atoms with Crippen LogP contribution in [0.1, 0.15) is 11.3 Å². The van der Waals surface area contributed by atoms with E-state index >= 15 is 0 Å². The highest BCUT2D eigenvalue weighted by Gasteiger charge is 2.04. The summed E-state index contributed by atoms with van der Waals surface area (Å²) in [6, 6.07) is 1.22. The van der Waals surface area contributed by atoms with Gasteiger partial charge in [-0.15, -0.1) is 0 Å². The summed E-state index contributed by atoms with van der Waals surface area (Å²) in [6.45, 7) is 3.54. The van der Waals surface area contributed by atoms with Crippen LogP contribution < -0.4 is 5.43 Å². The molecule has 1 heterocycles. The van der Waals surface area contributed by atoms with Crippen molar-refractivity contribution in [2.45, 2.75) is 13.8 Å². The van der Waals surface area contributed by atoms with Crippen LogP contribution in [0, 0.1) is 13.8 Å². The van der Waals surface area contributed by atoms with E-state index in [9.17, 15) is 4.79 Å². The minimum atomic E-state index is -0.118. The number of pyridine rings is 1. The fourth-order valence-corrected chi connectivity index (χ4v) is 1.28. The fourth-order valence-electron chi connectivity index (χ4n) is 0.780. The molecule has 0 saturated carbocycles. The molecule has 0 unspecified atom stereocenters. The van der Waals surface area contributed by atoms with Crippen molar-refractivity contribution in [2.24, 2.45) is 0 Å². The average molecular weight is 265 g/mol. The largest absolute Gasteiger partial charge is 0.494 e. The maximum atomic E-state index is 11.0. The van der Waals surface area contributed by atoms with Crippen LogP contribution in [0.3, 0.4) is 0 Å². The maximum absolute atomic E-state index is 11.0. The van der Waals surface area contributed by atoms with Gasteiger partial charge in [0, 0.05) is 17.3 Å². The molecule has 0 amide bonds. The average Bonchev–Trinajstić information content (AvgIpc) is 1.97. The molecule has 0 aliphatic carbocycles. The summed E-state index contributed by atoms with van der Waals surface area (Å²) >= 11 is 1.94. The molecule has 1 aromatic rings. The molecule has 0 fully saturated rings. The van der Waals surface area contributed by atoms with Gasteiger partial charge in [-0.25, -0.2) is 0 Å². The van der Waals surface area contributed by atoms with Crippen molar-refractivity contribution in [3.63, 3.8) is 0 Å². The molecule has 0 aliphatic rings. The van der Waals surface area contributed by atoms with Crippen molar-refractivity contribution in [1.82, 2.24) is 2.78 Å². The molecule has 0 aromatic carbocycles. The highest BCUT2D eigenvalue weighted by atomic mass is 127. The van der Waals surface area contributed by atoms with E-state index in [4.69, 9.17) is 5.11 Å². The number of aromatic hydroxyl groups is 1. The number of aromatic nitrogens is 1. The second-order valence-corrected chi connectivity index (χ2v) is 3.32. The van der Waals surface area contributed by atoms with Crippen LogP contribution >= 0.6 is 22.9 Å². The molecule has 4 heteroatoms. The predicted molar refractivity (Wildman–Crippen MR) is 51.3 cm³/mol. The second-order valence-electron chi connectivity index (χ2n) is 2.36. The molecule has 11 heavy (non-hydrogen) atoms. The highest BCUT2D eigenvalue weighted by Crippen LogP contribution is 2.15. The SMILES string of the molecule is Cc1c(C)n(I)c(O)cc1=O. The first-order valence-electron chi connectivity index (χ1n) is 3.12. The van der Waals surface area contributed by atoms with Gasteiger partial charge in [0.05, 0.1) is 22.9 Å². The first kappa shape index (κ1) is 8.58. The molecule has 3 nitrogen and oxygen atoms in total. The van der Waals surface area contributed by atoms with Crippen LogP contribution in [0.4, 0.5) is 0 Å². The lowest BCUT2D eigenvalue weighted by Crippen LogP contribution is -2.09. The molecule has 0 aliphatic heterocycles. The van der Waals surface area contributed by atoms with Crippen molar-refractivity contribution < 1.29 is 5.11 Å². The summed E-state index contributed by atoms with van der Waals surface area (Å²) in [7, 11) is 0. The Balaban J connectivity index is 3.59. The first-order valence-corrected chi connectivity index (χ1v) is 4.09. The van der Waals surface area contributed by atoms with Gasteiger partial charge >= 0.3 is 0 Å². The van der Waals surface area contributed by atoms with E-state index in [0.717, 1.165) is 5.69 Å². The van der Waals surface area contributed by atoms with E-state index in [-0.39, 0.29) is 11.3 Å². The van der Waals surface area contributed by atoms with Gasteiger partial charge in [0.15, 0.2) is 5.43 Å². The summed E-state index contributed by atoms with van der Waals surface area (Å²) < 4.78 is 1.55. The van der Waals surface area contributed by atoms with Crippen LogP contribution in [0.15, 0.2) is 10.9 Å². The third-order valence-electron chi connectivity index (χ3n) is 1.67. The Morgan fingerprint density at radius 2 is 2.09 bits per heavy atom. The molecule has 1 N–H and O–H groups in total. The summed E-state index contributed by atoms with van der Waals surface area (Å²) in [5, 5.41) is 9.16. The van der Waals surface area contributed by atoms with Gasteiger partial charge in [-0.3, -0.25) is 7.58 Å². The second kappa shape index (κ2) is 2.84. The number of rotatable bonds is 0. The highest BCUT2D eigenvalue weighted by molar-refractivity contribution is 14.1. The minimum Gasteiger partial charge on any atom is -0.494 e. The Bertz CT molecular complexity index is 343. The number of nitrogens with zero attached hydrogens (tertiary/aromatic N) is 1. The molecule has 0 bridgehead atoms. The zero-order valence-electron chi connectivity index (χ0n) is 6.26. The van der Waals surface area contributed by atoms with Gasteiger partial charge < -0.3 is 5.11 Å². The zero-order valence-corrected chi connectivity index (χ0v) is 8.42. The van der Waals surface area contributed by atoms with E-state index in [1.54, 1.807) is 16.6 Å². The lowest BCUT2D eigenvalue weighted by atomic mass is 10.2. The normalized spacial score (nSPS) is 10.1. The van der Waals surface area contributed by atoms with Crippen molar-refractivity contribution in [3.05, 3.63) is 27.5 Å². The van der Waals surface area contributed by atoms with Crippen molar-refractivity contribution in [2.75, 3.05) is 0 Å². The number of hydrogen-bond acceptors (Lipinski definition) is 2. The molecule has 1 rings (SSSR count). The molecular weight excluding hydrogens is 257 g/mol. The summed E-state index contributed by atoms with van der Waals surface area (Å²) in [4.78, 5) is 11.0. The van der Waals surface area contributed by atoms with Gasteiger partial charge in [-0.2, -0.15) is 0 Å². The smallest absolute Gasteiger partial charge is 0.204 e. The molecule has 1 aromatic heterocycles. The summed E-state index contributed by atoms with van der Waals surface area (Å²) in [5.74, 6) is -0.00120. The Kier molecular flexibility index (Phi) is 2.22. The summed E-state index contributed by atoms with van der Waals surface area (Å²) in [5.41, 5.74) is 1.35. The first-order chi connectivity index (χ1) is 5.04. The Labute approximate surface area is 78.2 Å². The molecule has 0 radical (unpaired) electrons. The van der Waals surface area contributed by atoms with E-state index in [2.05, 4.69) is 0 Å². The lowest BCUT2D eigenvalue weighted by molar-refractivity contribution is 0.448. The Hall–Kier alpha value is -0.520. The third-order valence-corrected chi connectivity index (χ3v) is 2.89. The quantitative estimate of drug-likeness (QED) is 0.720. The van der Waals surface area contributed by atoms with Crippen molar-refractivity contribution in [3.8, 4) is 5.88 Å². The fraction of sp³-hybridized carbons (Fsp3) is 0.286. The minimum absolute atomic E-state index is 0.00120. The molecular formula is C7H8INO2.